The van der Waals surface area contributed by atoms with E-state index in [4.69, 9.17) is 0 Å². The van der Waals surface area contributed by atoms with Crippen LogP contribution in [0, 0.1) is 5.92 Å². The summed E-state index contributed by atoms with van der Waals surface area (Å²) in [6.07, 6.45) is 3.31. The Kier molecular flexibility index (Phi) is 6.44. The minimum absolute atomic E-state index is 0.0553. The normalized spacial score (nSPS) is 13.0. The molecule has 0 aliphatic carbocycles. The van der Waals surface area contributed by atoms with Gasteiger partial charge in [0.15, 0.2) is 5.82 Å². The molecule has 0 radical (unpaired) electrons. The molecule has 4 rings (SSSR count). The molecule has 0 saturated heterocycles. The van der Waals surface area contributed by atoms with E-state index < -0.39 is 0 Å². The molecule has 7 heteroatoms. The second-order valence-corrected chi connectivity index (χ2v) is 8.31. The number of amides is 2. The summed E-state index contributed by atoms with van der Waals surface area (Å²) < 4.78 is 0. The van der Waals surface area contributed by atoms with Crippen LogP contribution < -0.4 is 10.2 Å². The maximum Gasteiger partial charge on any atom is 0.255 e. The number of rotatable bonds is 7. The summed E-state index contributed by atoms with van der Waals surface area (Å²) in [6, 6.07) is 17.3. The van der Waals surface area contributed by atoms with Crippen molar-refractivity contribution in [2.24, 2.45) is 5.92 Å². The van der Waals surface area contributed by atoms with Gasteiger partial charge in [0, 0.05) is 18.9 Å². The van der Waals surface area contributed by atoms with Gasteiger partial charge in [0.2, 0.25) is 5.91 Å². The van der Waals surface area contributed by atoms with Gasteiger partial charge in [-0.2, -0.15) is 0 Å². The van der Waals surface area contributed by atoms with Gasteiger partial charge in [-0.1, -0.05) is 50.2 Å². The SMILES string of the molecule is CC(C)CN(Cc1ccccn1)C(=O)c1cnc2c(c1)N(Cc1ccccc1)C(=O)CN2. The maximum atomic E-state index is 13.5. The molecule has 0 spiro atoms. The first-order chi connectivity index (χ1) is 15.5. The zero-order valence-corrected chi connectivity index (χ0v) is 18.4. The Bertz CT molecular complexity index is 1090. The number of carbonyl (C=O) groups excluding carboxylic acids is 2. The highest BCUT2D eigenvalue weighted by atomic mass is 16.2. The van der Waals surface area contributed by atoms with E-state index in [1.54, 1.807) is 28.3 Å². The molecule has 7 nitrogen and oxygen atoms in total. The van der Waals surface area contributed by atoms with Crippen LogP contribution in [0.1, 0.15) is 35.5 Å². The molecule has 2 aromatic heterocycles. The predicted octanol–water partition coefficient (Wildman–Crippen LogP) is 3.73. The molecule has 3 aromatic rings. The summed E-state index contributed by atoms with van der Waals surface area (Å²) in [6.45, 7) is 5.77. The van der Waals surface area contributed by atoms with E-state index in [2.05, 4.69) is 29.1 Å². The van der Waals surface area contributed by atoms with Gasteiger partial charge < -0.3 is 15.1 Å². The van der Waals surface area contributed by atoms with Gasteiger partial charge in [-0.15, -0.1) is 0 Å². The Morgan fingerprint density at radius 3 is 2.62 bits per heavy atom. The van der Waals surface area contributed by atoms with Crippen molar-refractivity contribution in [1.29, 1.82) is 0 Å². The summed E-state index contributed by atoms with van der Waals surface area (Å²) in [5.74, 6) is 0.723. The second kappa shape index (κ2) is 9.60. The number of hydrogen-bond donors (Lipinski definition) is 1. The van der Waals surface area contributed by atoms with Crippen molar-refractivity contribution in [1.82, 2.24) is 14.9 Å². The predicted molar refractivity (Wildman–Crippen MR) is 124 cm³/mol. The van der Waals surface area contributed by atoms with Crippen molar-refractivity contribution in [3.05, 3.63) is 83.8 Å². The maximum absolute atomic E-state index is 13.5. The van der Waals surface area contributed by atoms with E-state index in [0.717, 1.165) is 11.3 Å². The molecule has 0 bridgehead atoms. The number of hydrogen-bond acceptors (Lipinski definition) is 5. The number of anilines is 2. The Hall–Kier alpha value is -3.74. The molecule has 0 saturated carbocycles. The Morgan fingerprint density at radius 2 is 1.91 bits per heavy atom. The average molecular weight is 430 g/mol. The molecule has 0 fully saturated rings. The number of fused-ring (bicyclic) bond motifs is 1. The number of aromatic nitrogens is 2. The van der Waals surface area contributed by atoms with E-state index in [1.165, 1.54) is 0 Å². The van der Waals surface area contributed by atoms with Gasteiger partial charge in [0.05, 0.1) is 36.6 Å². The zero-order chi connectivity index (χ0) is 22.5. The highest BCUT2D eigenvalue weighted by molar-refractivity contribution is 6.04. The lowest BCUT2D eigenvalue weighted by atomic mass is 10.1. The molecule has 1 N–H and O–H groups in total. The van der Waals surface area contributed by atoms with Crippen LogP contribution in [0.15, 0.2) is 67.0 Å². The third-order valence-electron chi connectivity index (χ3n) is 5.25. The van der Waals surface area contributed by atoms with Crippen molar-refractivity contribution in [3.63, 3.8) is 0 Å². The van der Waals surface area contributed by atoms with Crippen LogP contribution in [-0.4, -0.2) is 39.8 Å². The average Bonchev–Trinajstić information content (AvgIpc) is 2.81. The largest absolute Gasteiger partial charge is 0.359 e. The van der Waals surface area contributed by atoms with E-state index in [-0.39, 0.29) is 18.4 Å². The molecule has 1 aromatic carbocycles. The van der Waals surface area contributed by atoms with Crippen molar-refractivity contribution in [2.45, 2.75) is 26.9 Å². The minimum Gasteiger partial charge on any atom is -0.359 e. The summed E-state index contributed by atoms with van der Waals surface area (Å²) in [4.78, 5) is 38.5. The van der Waals surface area contributed by atoms with Crippen LogP contribution in [0.5, 0.6) is 0 Å². The zero-order valence-electron chi connectivity index (χ0n) is 18.4. The minimum atomic E-state index is -0.127. The number of carbonyl (C=O) groups is 2. The number of nitrogens with zero attached hydrogens (tertiary/aromatic N) is 4. The van der Waals surface area contributed by atoms with Crippen LogP contribution in [0.2, 0.25) is 0 Å². The van der Waals surface area contributed by atoms with Gasteiger partial charge in [-0.25, -0.2) is 4.98 Å². The molecule has 1 aliphatic rings. The molecule has 164 valence electrons. The first-order valence-electron chi connectivity index (χ1n) is 10.8. The lowest BCUT2D eigenvalue weighted by Gasteiger charge is -2.30. The van der Waals surface area contributed by atoms with Crippen molar-refractivity contribution >= 4 is 23.3 Å². The summed E-state index contributed by atoms with van der Waals surface area (Å²) in [5, 5.41) is 3.06. The Morgan fingerprint density at radius 1 is 1.12 bits per heavy atom. The molecule has 0 unspecified atom stereocenters. The molecule has 0 atom stereocenters. The molecular weight excluding hydrogens is 402 g/mol. The van der Waals surface area contributed by atoms with E-state index in [9.17, 15) is 9.59 Å². The lowest BCUT2D eigenvalue weighted by Crippen LogP contribution is -2.40. The van der Waals surface area contributed by atoms with E-state index >= 15 is 0 Å². The molecule has 32 heavy (non-hydrogen) atoms. The van der Waals surface area contributed by atoms with Crippen LogP contribution >= 0.6 is 0 Å². The first kappa shape index (κ1) is 21.5. The monoisotopic (exact) mass is 429 g/mol. The third-order valence-corrected chi connectivity index (χ3v) is 5.25. The quantitative estimate of drug-likeness (QED) is 0.619. The standard InChI is InChI=1S/C25H27N5O2/c1-18(2)15-29(17-21-10-6-7-11-26-21)25(32)20-12-22-24(27-13-20)28-14-23(31)30(22)16-19-8-4-3-5-9-19/h3-13,18H,14-17H2,1-2H3,(H,27,28). The fraction of sp³-hybridized carbons (Fsp3) is 0.280. The topological polar surface area (TPSA) is 78.4 Å². The van der Waals surface area contributed by atoms with Crippen LogP contribution in [-0.2, 0) is 17.9 Å². The van der Waals surface area contributed by atoms with Crippen LogP contribution in [0.4, 0.5) is 11.5 Å². The molecule has 1 aliphatic heterocycles. The van der Waals surface area contributed by atoms with Gasteiger partial charge >= 0.3 is 0 Å². The Labute approximate surface area is 188 Å². The number of nitrogens with one attached hydrogen (secondary N) is 1. The first-order valence-corrected chi connectivity index (χ1v) is 10.8. The number of pyridine rings is 2. The van der Waals surface area contributed by atoms with Crippen LogP contribution in [0.25, 0.3) is 0 Å². The van der Waals surface area contributed by atoms with Crippen LogP contribution in [0.3, 0.4) is 0 Å². The van der Waals surface area contributed by atoms with E-state index in [0.29, 0.717) is 42.6 Å². The molecule has 2 amide bonds. The highest BCUT2D eigenvalue weighted by Crippen LogP contribution is 2.30. The van der Waals surface area contributed by atoms with Gasteiger partial charge in [-0.05, 0) is 29.7 Å². The summed E-state index contributed by atoms with van der Waals surface area (Å²) >= 11 is 0. The fourth-order valence-electron chi connectivity index (χ4n) is 3.77. The fourth-order valence-corrected chi connectivity index (χ4v) is 3.77. The van der Waals surface area contributed by atoms with Crippen molar-refractivity contribution in [3.8, 4) is 0 Å². The van der Waals surface area contributed by atoms with Gasteiger partial charge in [-0.3, -0.25) is 14.6 Å². The molecular formula is C25H27N5O2. The van der Waals surface area contributed by atoms with E-state index in [1.807, 2.05) is 48.5 Å². The van der Waals surface area contributed by atoms with Gasteiger partial charge in [0.1, 0.15) is 0 Å². The lowest BCUT2D eigenvalue weighted by molar-refractivity contribution is -0.117. The smallest absolute Gasteiger partial charge is 0.255 e. The second-order valence-electron chi connectivity index (χ2n) is 8.31. The number of benzene rings is 1. The summed E-state index contributed by atoms with van der Waals surface area (Å²) in [5.41, 5.74) is 2.92. The Balaban J connectivity index is 1.63. The summed E-state index contributed by atoms with van der Waals surface area (Å²) in [7, 11) is 0. The van der Waals surface area contributed by atoms with Crippen molar-refractivity contribution in [2.75, 3.05) is 23.3 Å². The van der Waals surface area contributed by atoms with Crippen molar-refractivity contribution < 1.29 is 9.59 Å². The molecule has 3 heterocycles. The highest BCUT2D eigenvalue weighted by Gasteiger charge is 2.27. The third kappa shape index (κ3) is 4.94. The van der Waals surface area contributed by atoms with Gasteiger partial charge in [0.25, 0.3) is 5.91 Å².